The highest BCUT2D eigenvalue weighted by molar-refractivity contribution is 5.85. The number of carbonyl (C=O) groups is 1. The van der Waals surface area contributed by atoms with Crippen molar-refractivity contribution in [3.05, 3.63) is 0 Å². The third-order valence-electron chi connectivity index (χ3n) is 4.56. The van der Waals surface area contributed by atoms with Crippen molar-refractivity contribution < 1.29 is 4.79 Å². The van der Waals surface area contributed by atoms with E-state index in [0.717, 1.165) is 25.9 Å². The number of nitrogens with zero attached hydrogens (tertiary/aromatic N) is 1. The molecular weight excluding hydrogens is 236 g/mol. The predicted octanol–water partition coefficient (Wildman–Crippen LogP) is 2.05. The quantitative estimate of drug-likeness (QED) is 0.839. The summed E-state index contributed by atoms with van der Waals surface area (Å²) in [5, 5.41) is 3.19. The van der Waals surface area contributed by atoms with Crippen LogP contribution in [0.2, 0.25) is 0 Å². The molecule has 1 saturated heterocycles. The first-order valence-electron chi connectivity index (χ1n) is 6.57. The fourth-order valence-electron chi connectivity index (χ4n) is 2.96. The van der Waals surface area contributed by atoms with Crippen LogP contribution < -0.4 is 5.32 Å². The number of likely N-dealkylation sites (tertiary alicyclic amines) is 1. The summed E-state index contributed by atoms with van der Waals surface area (Å²) in [6, 6.07) is 0.444. The predicted molar refractivity (Wildman–Crippen MR) is 72.4 cm³/mol. The van der Waals surface area contributed by atoms with Crippen LogP contribution in [0.1, 0.15) is 39.5 Å². The molecule has 1 aliphatic carbocycles. The average molecular weight is 261 g/mol. The van der Waals surface area contributed by atoms with E-state index in [1.54, 1.807) is 0 Å². The van der Waals surface area contributed by atoms with E-state index in [4.69, 9.17) is 0 Å². The van der Waals surface area contributed by atoms with Crippen molar-refractivity contribution in [1.82, 2.24) is 10.2 Å². The van der Waals surface area contributed by atoms with Gasteiger partial charge in [-0.05, 0) is 38.1 Å². The van der Waals surface area contributed by atoms with Gasteiger partial charge in [-0.1, -0.05) is 13.8 Å². The molecule has 0 aromatic rings. The van der Waals surface area contributed by atoms with Gasteiger partial charge in [-0.2, -0.15) is 0 Å². The Balaban J connectivity index is 0.00000144. The molecular formula is C13H25ClN2O. The monoisotopic (exact) mass is 260 g/mol. The minimum Gasteiger partial charge on any atom is -0.338 e. The molecule has 3 atom stereocenters. The topological polar surface area (TPSA) is 32.3 Å². The molecule has 3 unspecified atom stereocenters. The number of hydrogen-bond donors (Lipinski definition) is 1. The van der Waals surface area contributed by atoms with Gasteiger partial charge in [-0.25, -0.2) is 0 Å². The van der Waals surface area contributed by atoms with Crippen LogP contribution in [0.15, 0.2) is 0 Å². The van der Waals surface area contributed by atoms with Crippen LogP contribution in [0.3, 0.4) is 0 Å². The third-order valence-corrected chi connectivity index (χ3v) is 4.56. The van der Waals surface area contributed by atoms with Gasteiger partial charge < -0.3 is 10.2 Å². The van der Waals surface area contributed by atoms with Crippen molar-refractivity contribution in [1.29, 1.82) is 0 Å². The van der Waals surface area contributed by atoms with Crippen LogP contribution in [0.25, 0.3) is 0 Å². The molecule has 1 heterocycles. The molecule has 1 amide bonds. The molecule has 0 aromatic carbocycles. The summed E-state index contributed by atoms with van der Waals surface area (Å²) < 4.78 is 0. The van der Waals surface area contributed by atoms with Crippen LogP contribution in [0.5, 0.6) is 0 Å². The molecule has 4 heteroatoms. The van der Waals surface area contributed by atoms with Crippen molar-refractivity contribution in [3.63, 3.8) is 0 Å². The molecule has 0 spiro atoms. The van der Waals surface area contributed by atoms with Crippen molar-refractivity contribution in [3.8, 4) is 0 Å². The number of rotatable bonds is 4. The van der Waals surface area contributed by atoms with Crippen molar-refractivity contribution in [2.24, 2.45) is 11.3 Å². The molecule has 100 valence electrons. The first-order valence-corrected chi connectivity index (χ1v) is 6.57. The zero-order valence-corrected chi connectivity index (χ0v) is 12.0. The Kier molecular flexibility index (Phi) is 4.85. The lowest BCUT2D eigenvalue weighted by Gasteiger charge is -2.25. The standard InChI is InChI=1S/C13H24N2O.ClH/c1-4-13(2)8-11(13)12(16)15-7-5-6-10(15)9-14-3;/h10-11,14H,4-9H2,1-3H3;1H. The van der Waals surface area contributed by atoms with Crippen molar-refractivity contribution >= 4 is 18.3 Å². The fraction of sp³-hybridized carbons (Fsp3) is 0.923. The minimum atomic E-state index is 0. The average Bonchev–Trinajstić information content (AvgIpc) is 2.75. The Morgan fingerprint density at radius 3 is 2.76 bits per heavy atom. The lowest BCUT2D eigenvalue weighted by molar-refractivity contribution is -0.134. The summed E-state index contributed by atoms with van der Waals surface area (Å²) in [7, 11) is 1.97. The summed E-state index contributed by atoms with van der Waals surface area (Å²) in [4.78, 5) is 14.5. The lowest BCUT2D eigenvalue weighted by atomic mass is 10.0. The molecule has 2 aliphatic rings. The number of halogens is 1. The van der Waals surface area contributed by atoms with E-state index in [9.17, 15) is 4.79 Å². The zero-order valence-electron chi connectivity index (χ0n) is 11.2. The lowest BCUT2D eigenvalue weighted by Crippen LogP contribution is -2.42. The van der Waals surface area contributed by atoms with Crippen LogP contribution in [-0.2, 0) is 4.79 Å². The Morgan fingerprint density at radius 1 is 1.53 bits per heavy atom. The number of nitrogens with one attached hydrogen (secondary N) is 1. The molecule has 0 bridgehead atoms. The summed E-state index contributed by atoms with van der Waals surface area (Å²) in [5.74, 6) is 0.733. The first kappa shape index (κ1) is 14.8. The van der Waals surface area contributed by atoms with Crippen molar-refractivity contribution in [2.75, 3.05) is 20.1 Å². The molecule has 2 rings (SSSR count). The summed E-state index contributed by atoms with van der Waals surface area (Å²) in [6.07, 6.45) is 4.58. The fourth-order valence-corrected chi connectivity index (χ4v) is 2.96. The van der Waals surface area contributed by atoms with Gasteiger partial charge in [0.05, 0.1) is 0 Å². The van der Waals surface area contributed by atoms with E-state index < -0.39 is 0 Å². The van der Waals surface area contributed by atoms with E-state index in [-0.39, 0.29) is 12.4 Å². The Morgan fingerprint density at radius 2 is 2.24 bits per heavy atom. The summed E-state index contributed by atoms with van der Waals surface area (Å²) >= 11 is 0. The Labute approximate surface area is 111 Å². The van der Waals surface area contributed by atoms with Gasteiger partial charge >= 0.3 is 0 Å². The summed E-state index contributed by atoms with van der Waals surface area (Å²) in [5.41, 5.74) is 0.309. The summed E-state index contributed by atoms with van der Waals surface area (Å²) in [6.45, 7) is 6.36. The van der Waals surface area contributed by atoms with Gasteiger partial charge in [-0.15, -0.1) is 12.4 Å². The molecule has 2 fully saturated rings. The number of likely N-dealkylation sites (N-methyl/N-ethyl adjacent to an activating group) is 1. The van der Waals surface area contributed by atoms with Gasteiger partial charge in [0.15, 0.2) is 0 Å². The second-order valence-electron chi connectivity index (χ2n) is 5.65. The van der Waals surface area contributed by atoms with Crippen LogP contribution in [0, 0.1) is 11.3 Å². The molecule has 1 aliphatic heterocycles. The molecule has 0 radical (unpaired) electrons. The largest absolute Gasteiger partial charge is 0.338 e. The maximum absolute atomic E-state index is 12.4. The minimum absolute atomic E-state index is 0. The van der Waals surface area contributed by atoms with E-state index >= 15 is 0 Å². The van der Waals surface area contributed by atoms with Gasteiger partial charge in [-0.3, -0.25) is 4.79 Å². The Bertz CT molecular complexity index is 285. The Hall–Kier alpha value is -0.280. The van der Waals surface area contributed by atoms with Gasteiger partial charge in [0.25, 0.3) is 0 Å². The van der Waals surface area contributed by atoms with E-state index in [1.165, 1.54) is 12.8 Å². The second-order valence-corrected chi connectivity index (χ2v) is 5.65. The highest BCUT2D eigenvalue weighted by Crippen LogP contribution is 2.55. The van der Waals surface area contributed by atoms with Crippen molar-refractivity contribution in [2.45, 2.75) is 45.6 Å². The van der Waals surface area contributed by atoms with E-state index in [1.807, 2.05) is 7.05 Å². The molecule has 3 nitrogen and oxygen atoms in total. The molecule has 1 N–H and O–H groups in total. The SMILES string of the molecule is CCC1(C)CC1C(=O)N1CCCC1CNC.Cl. The second kappa shape index (κ2) is 5.57. The number of amides is 1. The van der Waals surface area contributed by atoms with Crippen LogP contribution >= 0.6 is 12.4 Å². The third kappa shape index (κ3) is 2.76. The maximum Gasteiger partial charge on any atom is 0.226 e. The molecule has 0 aromatic heterocycles. The van der Waals surface area contributed by atoms with Gasteiger partial charge in [0.1, 0.15) is 0 Å². The normalized spacial score (nSPS) is 35.6. The first-order chi connectivity index (χ1) is 7.62. The highest BCUT2D eigenvalue weighted by Gasteiger charge is 2.54. The number of hydrogen-bond acceptors (Lipinski definition) is 2. The van der Waals surface area contributed by atoms with Gasteiger partial charge in [0, 0.05) is 25.0 Å². The zero-order chi connectivity index (χ0) is 11.8. The van der Waals surface area contributed by atoms with E-state index in [2.05, 4.69) is 24.1 Å². The maximum atomic E-state index is 12.4. The van der Waals surface area contributed by atoms with Gasteiger partial charge in [0.2, 0.25) is 5.91 Å². The van der Waals surface area contributed by atoms with Crippen LogP contribution in [0.4, 0.5) is 0 Å². The van der Waals surface area contributed by atoms with Crippen LogP contribution in [-0.4, -0.2) is 37.0 Å². The highest BCUT2D eigenvalue weighted by atomic mass is 35.5. The molecule has 1 saturated carbocycles. The van der Waals surface area contributed by atoms with E-state index in [0.29, 0.717) is 23.3 Å². The smallest absolute Gasteiger partial charge is 0.226 e. The molecule has 17 heavy (non-hydrogen) atoms. The number of carbonyl (C=O) groups excluding carboxylic acids is 1.